The third-order valence-electron chi connectivity index (χ3n) is 2.54. The van der Waals surface area contributed by atoms with Crippen LogP contribution in [0.2, 0.25) is 0 Å². The van der Waals surface area contributed by atoms with Crippen molar-refractivity contribution >= 4 is 29.1 Å². The van der Waals surface area contributed by atoms with Gasteiger partial charge in [0.15, 0.2) is 5.82 Å². The van der Waals surface area contributed by atoms with Gasteiger partial charge in [-0.25, -0.2) is 9.67 Å². The van der Waals surface area contributed by atoms with Gasteiger partial charge in [-0.2, -0.15) is 0 Å². The van der Waals surface area contributed by atoms with Crippen LogP contribution in [0.15, 0.2) is 34.3 Å². The predicted molar refractivity (Wildman–Crippen MR) is 62.7 cm³/mol. The summed E-state index contributed by atoms with van der Waals surface area (Å²) >= 11 is 0. The van der Waals surface area contributed by atoms with Gasteiger partial charge in [0.1, 0.15) is 0 Å². The van der Waals surface area contributed by atoms with Gasteiger partial charge < -0.3 is 5.84 Å². The molecule has 0 unspecified atom stereocenters. The zero-order valence-electron chi connectivity index (χ0n) is 8.09. The molecule has 1 aliphatic rings. The minimum absolute atomic E-state index is 0.614. The monoisotopic (exact) mass is 198 g/mol. The van der Waals surface area contributed by atoms with Gasteiger partial charge in [-0.3, -0.25) is 4.99 Å². The highest BCUT2D eigenvalue weighted by Gasteiger charge is 2.13. The smallest absolute Gasteiger partial charge is 0.160 e. The quantitative estimate of drug-likeness (QED) is 0.640. The SMILES string of the molecule is Nn1c2c(c3ccccc31)C=NCC=N2. The molecule has 3 rings (SSSR count). The minimum atomic E-state index is 0.614. The molecule has 0 saturated heterocycles. The number of hydrogen-bond acceptors (Lipinski definition) is 3. The maximum Gasteiger partial charge on any atom is 0.160 e. The number of rotatable bonds is 0. The van der Waals surface area contributed by atoms with Gasteiger partial charge in [-0.05, 0) is 6.07 Å². The third-order valence-corrected chi connectivity index (χ3v) is 2.54. The summed E-state index contributed by atoms with van der Waals surface area (Å²) in [6, 6.07) is 7.97. The maximum absolute atomic E-state index is 5.97. The van der Waals surface area contributed by atoms with Crippen molar-refractivity contribution in [2.45, 2.75) is 0 Å². The highest BCUT2D eigenvalue weighted by Crippen LogP contribution is 2.29. The summed E-state index contributed by atoms with van der Waals surface area (Å²) in [4.78, 5) is 8.54. The van der Waals surface area contributed by atoms with Gasteiger partial charge in [0.2, 0.25) is 0 Å². The van der Waals surface area contributed by atoms with Gasteiger partial charge in [-0.1, -0.05) is 18.2 Å². The molecular weight excluding hydrogens is 188 g/mol. The number of nitrogen functional groups attached to an aromatic ring is 1. The summed E-state index contributed by atoms with van der Waals surface area (Å²) in [6.45, 7) is 0.614. The van der Waals surface area contributed by atoms with Crippen LogP contribution in [0.1, 0.15) is 5.56 Å². The first kappa shape index (κ1) is 8.23. The van der Waals surface area contributed by atoms with Gasteiger partial charge >= 0.3 is 0 Å². The topological polar surface area (TPSA) is 55.7 Å². The van der Waals surface area contributed by atoms with E-state index in [0.29, 0.717) is 6.54 Å². The standard InChI is InChI=1S/C11H10N4/c12-15-10-4-2-1-3-8(10)9-7-13-5-6-14-11(9)15/h1-4,6-7H,5,12H2. The lowest BCUT2D eigenvalue weighted by molar-refractivity contribution is 1.06. The Morgan fingerprint density at radius 1 is 1.27 bits per heavy atom. The number of nitrogens with two attached hydrogens (primary N) is 1. The fraction of sp³-hybridized carbons (Fsp3) is 0.0909. The molecule has 1 aliphatic heterocycles. The first-order valence-corrected chi connectivity index (χ1v) is 4.79. The number of benzene rings is 1. The summed E-state index contributed by atoms with van der Waals surface area (Å²) in [6.07, 6.45) is 3.61. The van der Waals surface area contributed by atoms with E-state index >= 15 is 0 Å². The van der Waals surface area contributed by atoms with Crippen LogP contribution in [-0.4, -0.2) is 23.7 Å². The van der Waals surface area contributed by atoms with E-state index in [4.69, 9.17) is 5.84 Å². The molecule has 15 heavy (non-hydrogen) atoms. The largest absolute Gasteiger partial charge is 0.337 e. The van der Waals surface area contributed by atoms with Crippen LogP contribution in [0, 0.1) is 0 Å². The Morgan fingerprint density at radius 2 is 2.13 bits per heavy atom. The van der Waals surface area contributed by atoms with Crippen molar-refractivity contribution < 1.29 is 0 Å². The van der Waals surface area contributed by atoms with Crippen molar-refractivity contribution in [3.8, 4) is 0 Å². The predicted octanol–water partition coefficient (Wildman–Crippen LogP) is 1.49. The lowest BCUT2D eigenvalue weighted by atomic mass is 10.2. The second-order valence-electron chi connectivity index (χ2n) is 3.43. The van der Waals surface area contributed by atoms with E-state index in [1.54, 1.807) is 10.9 Å². The Kier molecular flexibility index (Phi) is 1.62. The number of nitrogens with zero attached hydrogens (tertiary/aromatic N) is 3. The number of aromatic nitrogens is 1. The van der Waals surface area contributed by atoms with E-state index in [2.05, 4.69) is 9.98 Å². The molecule has 0 bridgehead atoms. The molecule has 1 aromatic carbocycles. The molecule has 0 fully saturated rings. The first-order chi connectivity index (χ1) is 7.38. The molecule has 4 nitrogen and oxygen atoms in total. The average molecular weight is 198 g/mol. The van der Waals surface area contributed by atoms with Gasteiger partial charge in [0.25, 0.3) is 0 Å². The van der Waals surface area contributed by atoms with Crippen LogP contribution < -0.4 is 5.84 Å². The average Bonchev–Trinajstić information content (AvgIpc) is 2.48. The summed E-state index contributed by atoms with van der Waals surface area (Å²) in [5, 5.41) is 1.10. The fourth-order valence-corrected chi connectivity index (χ4v) is 1.85. The van der Waals surface area contributed by atoms with Crippen molar-refractivity contribution in [2.75, 3.05) is 12.4 Å². The van der Waals surface area contributed by atoms with E-state index < -0.39 is 0 Å². The zero-order valence-corrected chi connectivity index (χ0v) is 8.09. The van der Waals surface area contributed by atoms with E-state index in [0.717, 1.165) is 22.3 Å². The number of aliphatic imine (C=N–C) groups is 2. The molecule has 4 heteroatoms. The second kappa shape index (κ2) is 2.95. The third kappa shape index (κ3) is 1.08. The van der Waals surface area contributed by atoms with Crippen LogP contribution in [0.4, 0.5) is 5.82 Å². The highest BCUT2D eigenvalue weighted by atomic mass is 15.3. The molecule has 0 amide bonds. The molecule has 74 valence electrons. The Labute approximate surface area is 86.7 Å². The summed E-state index contributed by atoms with van der Waals surface area (Å²) in [7, 11) is 0. The van der Waals surface area contributed by atoms with E-state index in [1.165, 1.54) is 0 Å². The molecule has 0 aliphatic carbocycles. The molecule has 0 atom stereocenters. The van der Waals surface area contributed by atoms with Crippen molar-refractivity contribution in [2.24, 2.45) is 9.98 Å². The summed E-state index contributed by atoms with van der Waals surface area (Å²) in [5.74, 6) is 6.75. The second-order valence-corrected chi connectivity index (χ2v) is 3.43. The lowest BCUT2D eigenvalue weighted by Crippen LogP contribution is -2.06. The van der Waals surface area contributed by atoms with Crippen LogP contribution >= 0.6 is 0 Å². The van der Waals surface area contributed by atoms with Crippen molar-refractivity contribution in [1.82, 2.24) is 4.68 Å². The summed E-state index contributed by atoms with van der Waals surface area (Å²) < 4.78 is 1.61. The van der Waals surface area contributed by atoms with Crippen molar-refractivity contribution in [3.05, 3.63) is 29.8 Å². The molecule has 0 radical (unpaired) electrons. The number of para-hydroxylation sites is 1. The molecule has 1 aromatic heterocycles. The molecule has 0 saturated carbocycles. The number of hydrogen-bond donors (Lipinski definition) is 1. The van der Waals surface area contributed by atoms with Crippen molar-refractivity contribution in [1.29, 1.82) is 0 Å². The molecule has 2 N–H and O–H groups in total. The van der Waals surface area contributed by atoms with E-state index in [9.17, 15) is 0 Å². The number of fused-ring (bicyclic) bond motifs is 3. The zero-order chi connectivity index (χ0) is 10.3. The van der Waals surface area contributed by atoms with E-state index in [1.807, 2.05) is 30.5 Å². The Bertz CT molecular complexity index is 578. The molecule has 0 spiro atoms. The first-order valence-electron chi connectivity index (χ1n) is 4.79. The van der Waals surface area contributed by atoms with Crippen LogP contribution in [-0.2, 0) is 0 Å². The summed E-state index contributed by atoms with van der Waals surface area (Å²) in [5.41, 5.74) is 1.98. The van der Waals surface area contributed by atoms with Crippen molar-refractivity contribution in [3.63, 3.8) is 0 Å². The lowest BCUT2D eigenvalue weighted by Gasteiger charge is -1.97. The normalized spacial score (nSPS) is 14.1. The van der Waals surface area contributed by atoms with Gasteiger partial charge in [0, 0.05) is 23.4 Å². The van der Waals surface area contributed by atoms with E-state index in [-0.39, 0.29) is 0 Å². The Balaban J connectivity index is 2.48. The minimum Gasteiger partial charge on any atom is -0.337 e. The Morgan fingerprint density at radius 3 is 3.07 bits per heavy atom. The highest BCUT2D eigenvalue weighted by molar-refractivity contribution is 6.06. The maximum atomic E-state index is 5.97. The van der Waals surface area contributed by atoms with Crippen LogP contribution in [0.3, 0.4) is 0 Å². The van der Waals surface area contributed by atoms with Crippen LogP contribution in [0.5, 0.6) is 0 Å². The molecule has 2 heterocycles. The van der Waals surface area contributed by atoms with Gasteiger partial charge in [0.05, 0.1) is 12.1 Å². The Hall–Kier alpha value is -2.10. The fourth-order valence-electron chi connectivity index (χ4n) is 1.85. The van der Waals surface area contributed by atoms with Gasteiger partial charge in [-0.15, -0.1) is 0 Å². The van der Waals surface area contributed by atoms with Crippen LogP contribution in [0.25, 0.3) is 10.9 Å². The molecule has 2 aromatic rings. The molecular formula is C11H10N4.